The van der Waals surface area contributed by atoms with Crippen LogP contribution in [0.4, 0.5) is 15.1 Å². The fourth-order valence-electron chi connectivity index (χ4n) is 2.76. The number of hydrogen-bond acceptors (Lipinski definition) is 9. The number of rotatable bonds is 8. The van der Waals surface area contributed by atoms with Crippen molar-refractivity contribution in [1.29, 1.82) is 0 Å². The Morgan fingerprint density at radius 3 is 2.32 bits per heavy atom. The number of halogens is 1. The molecular formula is C22H24FN7O7. The third kappa shape index (κ3) is 9.23. The Morgan fingerprint density at radius 2 is 1.78 bits per heavy atom. The smallest absolute Gasteiger partial charge is 0.411 e. The summed E-state index contributed by atoms with van der Waals surface area (Å²) in [4.78, 5) is 49.0. The summed E-state index contributed by atoms with van der Waals surface area (Å²) in [5, 5.41) is 30.1. The van der Waals surface area contributed by atoms with Gasteiger partial charge in [0.25, 0.3) is 0 Å². The zero-order valence-electron chi connectivity index (χ0n) is 19.5. The SMILES string of the molecule is CCON=C1CN(c2ncc(-c3cccc(CN=C(N)NC(=O)O)c3F)cn2)C1.O=C(O)/C=C\C(=O)O. The minimum absolute atomic E-state index is 0.111. The molecule has 1 aliphatic rings. The normalized spacial score (nSPS) is 12.8. The quantitative estimate of drug-likeness (QED) is 0.146. The Balaban J connectivity index is 0.000000521. The van der Waals surface area contributed by atoms with Crippen LogP contribution in [0.1, 0.15) is 12.5 Å². The monoisotopic (exact) mass is 517 g/mol. The van der Waals surface area contributed by atoms with Crippen LogP contribution in [-0.2, 0) is 21.0 Å². The first-order valence-electron chi connectivity index (χ1n) is 10.6. The van der Waals surface area contributed by atoms with E-state index in [1.54, 1.807) is 30.6 Å². The van der Waals surface area contributed by atoms with Crippen molar-refractivity contribution >= 4 is 35.7 Å². The van der Waals surface area contributed by atoms with Gasteiger partial charge in [0.15, 0.2) is 5.96 Å². The van der Waals surface area contributed by atoms with E-state index in [9.17, 15) is 18.8 Å². The van der Waals surface area contributed by atoms with Crippen LogP contribution >= 0.6 is 0 Å². The number of guanidine groups is 1. The molecule has 0 bridgehead atoms. The highest BCUT2D eigenvalue weighted by Crippen LogP contribution is 2.25. The summed E-state index contributed by atoms with van der Waals surface area (Å²) in [5.74, 6) is -2.79. The van der Waals surface area contributed by atoms with E-state index in [0.717, 1.165) is 5.71 Å². The van der Waals surface area contributed by atoms with E-state index in [0.29, 0.717) is 48.9 Å². The van der Waals surface area contributed by atoms with Gasteiger partial charge in [0.05, 0.1) is 25.3 Å². The second kappa shape index (κ2) is 13.7. The Bertz CT molecular complexity index is 1190. The summed E-state index contributed by atoms with van der Waals surface area (Å²) in [6.45, 7) is 3.46. The van der Waals surface area contributed by atoms with Crippen LogP contribution in [0.25, 0.3) is 11.1 Å². The second-order valence-electron chi connectivity index (χ2n) is 7.12. The molecule has 1 aliphatic heterocycles. The number of nitrogens with two attached hydrogens (primary N) is 1. The number of aliphatic imine (C=N–C) groups is 1. The molecule has 1 amide bonds. The third-order valence-electron chi connectivity index (χ3n) is 4.40. The number of aliphatic carboxylic acids is 2. The van der Waals surface area contributed by atoms with Crippen molar-refractivity contribution in [3.63, 3.8) is 0 Å². The molecule has 15 heteroatoms. The summed E-state index contributed by atoms with van der Waals surface area (Å²) < 4.78 is 14.8. The predicted octanol–water partition coefficient (Wildman–Crippen LogP) is 1.29. The summed E-state index contributed by atoms with van der Waals surface area (Å²) in [7, 11) is 0. The third-order valence-corrected chi connectivity index (χ3v) is 4.40. The van der Waals surface area contributed by atoms with E-state index in [-0.39, 0.29) is 18.1 Å². The highest BCUT2D eigenvalue weighted by Gasteiger charge is 2.25. The lowest BCUT2D eigenvalue weighted by Gasteiger charge is -2.31. The Morgan fingerprint density at radius 1 is 1.16 bits per heavy atom. The largest absolute Gasteiger partial charge is 0.478 e. The Labute approximate surface area is 209 Å². The Hall–Kier alpha value is -5.08. The second-order valence-corrected chi connectivity index (χ2v) is 7.12. The molecule has 1 saturated heterocycles. The summed E-state index contributed by atoms with van der Waals surface area (Å²) in [6.07, 6.45) is 2.87. The van der Waals surface area contributed by atoms with Crippen molar-refractivity contribution in [3.8, 4) is 11.1 Å². The van der Waals surface area contributed by atoms with Gasteiger partial charge in [-0.15, -0.1) is 0 Å². The first kappa shape index (κ1) is 28.2. The molecule has 2 heterocycles. The number of aromatic nitrogens is 2. The molecule has 0 saturated carbocycles. The van der Waals surface area contributed by atoms with Gasteiger partial charge in [-0.3, -0.25) is 5.32 Å². The first-order chi connectivity index (χ1) is 17.6. The molecule has 0 spiro atoms. The molecule has 14 nitrogen and oxygen atoms in total. The van der Waals surface area contributed by atoms with Crippen LogP contribution < -0.4 is 16.0 Å². The van der Waals surface area contributed by atoms with Crippen LogP contribution in [0.3, 0.4) is 0 Å². The van der Waals surface area contributed by atoms with Crippen LogP contribution in [0.5, 0.6) is 0 Å². The molecule has 1 fully saturated rings. The van der Waals surface area contributed by atoms with Gasteiger partial charge in [0.2, 0.25) is 5.95 Å². The molecule has 1 aromatic carbocycles. The summed E-state index contributed by atoms with van der Waals surface area (Å²) >= 11 is 0. The van der Waals surface area contributed by atoms with Gasteiger partial charge in [0, 0.05) is 41.2 Å². The molecule has 0 aliphatic carbocycles. The molecule has 3 rings (SSSR count). The molecule has 0 radical (unpaired) electrons. The van der Waals surface area contributed by atoms with Crippen molar-refractivity contribution in [1.82, 2.24) is 15.3 Å². The van der Waals surface area contributed by atoms with E-state index in [4.69, 9.17) is 25.9 Å². The van der Waals surface area contributed by atoms with Crippen LogP contribution in [0, 0.1) is 5.82 Å². The lowest BCUT2D eigenvalue weighted by atomic mass is 10.0. The average molecular weight is 517 g/mol. The van der Waals surface area contributed by atoms with E-state index in [2.05, 4.69) is 20.1 Å². The maximum Gasteiger partial charge on any atom is 0.411 e. The minimum Gasteiger partial charge on any atom is -0.478 e. The van der Waals surface area contributed by atoms with Gasteiger partial charge < -0.3 is 30.8 Å². The van der Waals surface area contributed by atoms with Crippen LogP contribution in [-0.4, -0.2) is 74.7 Å². The molecule has 0 unspecified atom stereocenters. The zero-order chi connectivity index (χ0) is 27.4. The first-order valence-corrected chi connectivity index (χ1v) is 10.6. The van der Waals surface area contributed by atoms with Crippen molar-refractivity contribution < 1.29 is 38.9 Å². The molecule has 6 N–H and O–H groups in total. The lowest BCUT2D eigenvalue weighted by molar-refractivity contribution is -0.134. The van der Waals surface area contributed by atoms with Crippen molar-refractivity contribution in [2.45, 2.75) is 13.5 Å². The fraction of sp³-hybridized carbons (Fsp3) is 0.227. The fourth-order valence-corrected chi connectivity index (χ4v) is 2.76. The van der Waals surface area contributed by atoms with E-state index >= 15 is 0 Å². The Kier molecular flexibility index (Phi) is 10.4. The van der Waals surface area contributed by atoms with Gasteiger partial charge in [-0.2, -0.15) is 0 Å². The minimum atomic E-state index is -1.34. The molecule has 2 aromatic rings. The van der Waals surface area contributed by atoms with Gasteiger partial charge in [-0.05, 0) is 6.92 Å². The van der Waals surface area contributed by atoms with Crippen molar-refractivity contribution in [2.24, 2.45) is 15.9 Å². The molecule has 196 valence electrons. The summed E-state index contributed by atoms with van der Waals surface area (Å²) in [6, 6.07) is 4.82. The van der Waals surface area contributed by atoms with Crippen LogP contribution in [0.2, 0.25) is 0 Å². The zero-order valence-corrected chi connectivity index (χ0v) is 19.5. The van der Waals surface area contributed by atoms with E-state index in [1.165, 1.54) is 0 Å². The average Bonchev–Trinajstić information content (AvgIpc) is 2.82. The van der Waals surface area contributed by atoms with Crippen LogP contribution in [0.15, 0.2) is 52.9 Å². The van der Waals surface area contributed by atoms with Crippen molar-refractivity contribution in [2.75, 3.05) is 24.6 Å². The molecular weight excluding hydrogens is 493 g/mol. The number of hydrogen-bond donors (Lipinski definition) is 5. The number of carbonyl (C=O) groups is 3. The number of nitrogens with zero attached hydrogens (tertiary/aromatic N) is 5. The maximum atomic E-state index is 14.8. The number of carboxylic acids is 2. The van der Waals surface area contributed by atoms with Gasteiger partial charge in [-0.25, -0.2) is 33.7 Å². The predicted molar refractivity (Wildman–Crippen MR) is 130 cm³/mol. The van der Waals surface area contributed by atoms with E-state index in [1.807, 2.05) is 17.1 Å². The number of anilines is 1. The molecule has 1 aromatic heterocycles. The molecule has 0 atom stereocenters. The number of benzene rings is 1. The maximum absolute atomic E-state index is 14.8. The standard InChI is InChI=1S/C18H20FN7O3.C4H4O4/c1-2-29-25-13-9-26(10-13)17-22-7-12(8-23-17)14-5-3-4-11(15(14)19)6-21-16(20)24-18(27)28;5-3(6)1-2-4(7)8/h3-5,7-8H,2,6,9-10H2,1H3,(H,27,28)(H3,20,21,24);1-2H,(H,5,6)(H,7,8)/b;2-1-. The van der Waals surface area contributed by atoms with E-state index < -0.39 is 23.8 Å². The number of carboxylic acid groups (broad SMARTS) is 3. The summed E-state index contributed by atoms with van der Waals surface area (Å²) in [5.41, 5.74) is 7.42. The van der Waals surface area contributed by atoms with Gasteiger partial charge in [0.1, 0.15) is 12.4 Å². The number of amides is 1. The highest BCUT2D eigenvalue weighted by atomic mass is 19.1. The van der Waals surface area contributed by atoms with Gasteiger partial charge in [-0.1, -0.05) is 23.4 Å². The van der Waals surface area contributed by atoms with Gasteiger partial charge >= 0.3 is 18.0 Å². The number of nitrogens with one attached hydrogen (secondary N) is 1. The van der Waals surface area contributed by atoms with Crippen molar-refractivity contribution in [3.05, 3.63) is 54.1 Å². The lowest BCUT2D eigenvalue weighted by Crippen LogP contribution is -2.48. The topological polar surface area (TPSA) is 213 Å². The number of oxime groups is 1. The highest BCUT2D eigenvalue weighted by molar-refractivity contribution is 5.98. The molecule has 37 heavy (non-hydrogen) atoms.